The molecule has 0 unspecified atom stereocenters. The Kier molecular flexibility index (Phi) is 5.20. The molecule has 2 saturated heterocycles. The van der Waals surface area contributed by atoms with Gasteiger partial charge in [0.25, 0.3) is 11.7 Å². The highest BCUT2D eigenvalue weighted by Gasteiger charge is 2.47. The summed E-state index contributed by atoms with van der Waals surface area (Å²) >= 11 is 0. The van der Waals surface area contributed by atoms with Crippen LogP contribution in [0.15, 0.2) is 54.1 Å². The molecule has 2 fully saturated rings. The lowest BCUT2D eigenvalue weighted by atomic mass is 9.95. The lowest BCUT2D eigenvalue weighted by Crippen LogP contribution is -2.36. The van der Waals surface area contributed by atoms with Gasteiger partial charge >= 0.3 is 0 Å². The van der Waals surface area contributed by atoms with Crippen molar-refractivity contribution in [3.63, 3.8) is 0 Å². The van der Waals surface area contributed by atoms with E-state index in [4.69, 9.17) is 4.74 Å². The summed E-state index contributed by atoms with van der Waals surface area (Å²) in [5.74, 6) is -2.20. The number of hydrogen-bond donors (Lipinski definition) is 1. The van der Waals surface area contributed by atoms with Crippen molar-refractivity contribution in [2.75, 3.05) is 13.2 Å². The predicted octanol–water partition coefficient (Wildman–Crippen LogP) is 3.73. The lowest BCUT2D eigenvalue weighted by Gasteiger charge is -2.27. The van der Waals surface area contributed by atoms with Crippen LogP contribution in [0, 0.1) is 12.7 Å². The van der Waals surface area contributed by atoms with Gasteiger partial charge in [0.2, 0.25) is 0 Å². The molecule has 150 valence electrons. The number of aryl methyl sites for hydroxylation is 1. The van der Waals surface area contributed by atoms with Crippen LogP contribution in [0.25, 0.3) is 5.76 Å². The summed E-state index contributed by atoms with van der Waals surface area (Å²) in [6.07, 6.45) is 1.50. The van der Waals surface area contributed by atoms with Gasteiger partial charge in [-0.3, -0.25) is 9.59 Å². The number of rotatable bonds is 4. The third-order valence-corrected chi connectivity index (χ3v) is 5.45. The van der Waals surface area contributed by atoms with Crippen molar-refractivity contribution in [3.8, 4) is 0 Å². The van der Waals surface area contributed by atoms with Crippen LogP contribution >= 0.6 is 0 Å². The summed E-state index contributed by atoms with van der Waals surface area (Å²) in [4.78, 5) is 27.1. The summed E-state index contributed by atoms with van der Waals surface area (Å²) in [5.41, 5.74) is 1.85. The van der Waals surface area contributed by atoms with Crippen molar-refractivity contribution in [1.82, 2.24) is 4.90 Å². The lowest BCUT2D eigenvalue weighted by molar-refractivity contribution is -0.140. The minimum absolute atomic E-state index is 0.0255. The summed E-state index contributed by atoms with van der Waals surface area (Å²) in [6, 6.07) is 11.9. The first-order valence-electron chi connectivity index (χ1n) is 9.68. The number of aliphatic hydroxyl groups excluding tert-OH is 1. The van der Waals surface area contributed by atoms with E-state index in [9.17, 15) is 19.1 Å². The molecule has 29 heavy (non-hydrogen) atoms. The molecule has 0 spiro atoms. The van der Waals surface area contributed by atoms with Crippen LogP contribution in [0.3, 0.4) is 0 Å². The van der Waals surface area contributed by atoms with Crippen LogP contribution in [-0.4, -0.2) is 41.0 Å². The Bertz CT molecular complexity index is 977. The molecule has 0 bridgehead atoms. The molecule has 1 amide bonds. The van der Waals surface area contributed by atoms with E-state index in [-0.39, 0.29) is 24.0 Å². The van der Waals surface area contributed by atoms with E-state index in [1.807, 2.05) is 19.1 Å². The minimum Gasteiger partial charge on any atom is -0.507 e. The molecule has 5 nitrogen and oxygen atoms in total. The van der Waals surface area contributed by atoms with E-state index in [1.54, 1.807) is 18.2 Å². The Labute approximate surface area is 168 Å². The Morgan fingerprint density at radius 2 is 1.97 bits per heavy atom. The van der Waals surface area contributed by atoms with Crippen LogP contribution in [-0.2, 0) is 14.3 Å². The van der Waals surface area contributed by atoms with Gasteiger partial charge in [-0.25, -0.2) is 4.39 Å². The molecule has 2 aliphatic rings. The molecule has 2 atom stereocenters. The third-order valence-electron chi connectivity index (χ3n) is 5.45. The molecule has 2 aromatic carbocycles. The van der Waals surface area contributed by atoms with Gasteiger partial charge in [0.05, 0.1) is 17.7 Å². The second-order valence-corrected chi connectivity index (χ2v) is 7.51. The van der Waals surface area contributed by atoms with Crippen LogP contribution in [0.1, 0.15) is 35.6 Å². The molecule has 0 radical (unpaired) electrons. The van der Waals surface area contributed by atoms with Crippen molar-refractivity contribution in [2.45, 2.75) is 31.9 Å². The molecular weight excluding hydrogens is 373 g/mol. The Balaban J connectivity index is 1.83. The predicted molar refractivity (Wildman–Crippen MR) is 106 cm³/mol. The molecular formula is C23H22FNO4. The number of ether oxygens (including phenoxy) is 1. The van der Waals surface area contributed by atoms with Crippen LogP contribution < -0.4 is 0 Å². The number of likely N-dealkylation sites (tertiary alicyclic amines) is 1. The highest BCUT2D eigenvalue weighted by atomic mass is 19.1. The summed E-state index contributed by atoms with van der Waals surface area (Å²) in [6.45, 7) is 2.75. The van der Waals surface area contributed by atoms with Crippen molar-refractivity contribution < 1.29 is 23.8 Å². The highest BCUT2D eigenvalue weighted by molar-refractivity contribution is 6.46. The number of Topliss-reactive ketones (excluding diaryl/α,β-unsaturated/α-hetero) is 1. The summed E-state index contributed by atoms with van der Waals surface area (Å²) in [5, 5.41) is 10.9. The quantitative estimate of drug-likeness (QED) is 0.487. The van der Waals surface area contributed by atoms with E-state index < -0.39 is 23.5 Å². The molecule has 0 saturated carbocycles. The number of hydrogen-bond acceptors (Lipinski definition) is 4. The number of ketones is 1. The maximum atomic E-state index is 14.0. The monoisotopic (exact) mass is 395 g/mol. The van der Waals surface area contributed by atoms with Crippen molar-refractivity contribution in [2.24, 2.45) is 0 Å². The summed E-state index contributed by atoms with van der Waals surface area (Å²) in [7, 11) is 0. The van der Waals surface area contributed by atoms with Gasteiger partial charge < -0.3 is 14.7 Å². The number of carbonyl (C=O) groups excluding carboxylic acids is 2. The SMILES string of the molecule is Cc1ccc(C(O)=C2C(=O)C(=O)N(C[C@@H]3CCCO3)[C@@H]2c2cccc(F)c2)cc1. The second-order valence-electron chi connectivity index (χ2n) is 7.51. The van der Waals surface area contributed by atoms with Gasteiger partial charge in [0.1, 0.15) is 11.6 Å². The zero-order chi connectivity index (χ0) is 20.5. The summed E-state index contributed by atoms with van der Waals surface area (Å²) < 4.78 is 19.6. The van der Waals surface area contributed by atoms with E-state index in [1.165, 1.54) is 23.1 Å². The van der Waals surface area contributed by atoms with Crippen molar-refractivity contribution >= 4 is 17.4 Å². The number of carbonyl (C=O) groups is 2. The minimum atomic E-state index is -0.865. The van der Waals surface area contributed by atoms with E-state index in [0.717, 1.165) is 18.4 Å². The first kappa shape index (κ1) is 19.3. The van der Waals surface area contributed by atoms with E-state index in [0.29, 0.717) is 17.7 Å². The van der Waals surface area contributed by atoms with Gasteiger partial charge in [-0.2, -0.15) is 0 Å². The molecule has 0 aliphatic carbocycles. The first-order valence-corrected chi connectivity index (χ1v) is 9.68. The zero-order valence-corrected chi connectivity index (χ0v) is 16.1. The number of halogens is 1. The smallest absolute Gasteiger partial charge is 0.295 e. The van der Waals surface area contributed by atoms with Gasteiger partial charge in [0, 0.05) is 18.7 Å². The van der Waals surface area contributed by atoms with E-state index >= 15 is 0 Å². The largest absolute Gasteiger partial charge is 0.507 e. The molecule has 1 N–H and O–H groups in total. The Morgan fingerprint density at radius 1 is 1.21 bits per heavy atom. The number of benzene rings is 2. The van der Waals surface area contributed by atoms with Gasteiger partial charge in [0.15, 0.2) is 0 Å². The van der Waals surface area contributed by atoms with Gasteiger partial charge in [-0.05, 0) is 37.5 Å². The van der Waals surface area contributed by atoms with Crippen LogP contribution in [0.2, 0.25) is 0 Å². The fourth-order valence-electron chi connectivity index (χ4n) is 3.97. The number of nitrogens with zero attached hydrogens (tertiary/aromatic N) is 1. The average Bonchev–Trinajstić information content (AvgIpc) is 3.30. The van der Waals surface area contributed by atoms with E-state index in [2.05, 4.69) is 0 Å². The fraction of sp³-hybridized carbons (Fsp3) is 0.304. The number of amides is 1. The Morgan fingerprint density at radius 3 is 2.62 bits per heavy atom. The van der Waals surface area contributed by atoms with Crippen LogP contribution in [0.5, 0.6) is 0 Å². The topological polar surface area (TPSA) is 66.8 Å². The molecule has 4 rings (SSSR count). The second kappa shape index (κ2) is 7.79. The fourth-order valence-corrected chi connectivity index (χ4v) is 3.97. The highest BCUT2D eigenvalue weighted by Crippen LogP contribution is 2.40. The van der Waals surface area contributed by atoms with Crippen molar-refractivity contribution in [1.29, 1.82) is 0 Å². The van der Waals surface area contributed by atoms with Crippen molar-refractivity contribution in [3.05, 3.63) is 76.6 Å². The average molecular weight is 395 g/mol. The zero-order valence-electron chi connectivity index (χ0n) is 16.1. The third kappa shape index (κ3) is 3.68. The molecule has 2 aliphatic heterocycles. The standard InChI is InChI=1S/C23H22FNO4/c1-14-7-9-15(10-8-14)21(26)19-20(16-4-2-5-17(24)12-16)25(23(28)22(19)27)13-18-6-3-11-29-18/h2,4-5,7-10,12,18,20,26H,3,6,11,13H2,1H3/t18-,20+/m0/s1. The molecule has 2 heterocycles. The molecule has 2 aromatic rings. The Hall–Kier alpha value is -2.99. The number of aliphatic hydroxyl groups is 1. The van der Waals surface area contributed by atoms with Crippen LogP contribution in [0.4, 0.5) is 4.39 Å². The maximum Gasteiger partial charge on any atom is 0.295 e. The van der Waals surface area contributed by atoms with Gasteiger partial charge in [-0.15, -0.1) is 0 Å². The molecule has 0 aromatic heterocycles. The first-order chi connectivity index (χ1) is 14.0. The van der Waals surface area contributed by atoms with Gasteiger partial charge in [-0.1, -0.05) is 42.0 Å². The molecule has 6 heteroatoms. The maximum absolute atomic E-state index is 14.0. The normalized spacial score (nSPS) is 23.7.